The van der Waals surface area contributed by atoms with Gasteiger partial charge >= 0.3 is 5.97 Å². The van der Waals surface area contributed by atoms with Crippen molar-refractivity contribution in [3.8, 4) is 0 Å². The lowest BCUT2D eigenvalue weighted by Gasteiger charge is -2.41. The second kappa shape index (κ2) is 6.89. The Morgan fingerprint density at radius 2 is 2.08 bits per heavy atom. The summed E-state index contributed by atoms with van der Waals surface area (Å²) in [4.78, 5) is 18.3. The minimum Gasteiger partial charge on any atom is -0.481 e. The van der Waals surface area contributed by atoms with Crippen LogP contribution < -0.4 is 0 Å². The molecule has 1 aromatic carbocycles. The van der Waals surface area contributed by atoms with Gasteiger partial charge in [0.15, 0.2) is 0 Å². The molecule has 0 bridgehead atoms. The van der Waals surface area contributed by atoms with Gasteiger partial charge < -0.3 is 10.0 Å². The molecule has 1 aromatic heterocycles. The third-order valence-corrected chi connectivity index (χ3v) is 6.68. The molecular formula is C20H24N2O2S. The second-order valence-corrected chi connectivity index (χ2v) is 8.18. The number of hydrogen-bond acceptors (Lipinski definition) is 4. The molecule has 25 heavy (non-hydrogen) atoms. The maximum atomic E-state index is 11.7. The van der Waals surface area contributed by atoms with E-state index in [1.165, 1.54) is 29.7 Å². The molecule has 1 N–H and O–H groups in total. The molecule has 1 aliphatic heterocycles. The van der Waals surface area contributed by atoms with E-state index in [2.05, 4.69) is 34.1 Å². The zero-order valence-corrected chi connectivity index (χ0v) is 15.2. The van der Waals surface area contributed by atoms with Gasteiger partial charge in [0.2, 0.25) is 0 Å². The number of hydrogen-bond donors (Lipinski definition) is 1. The van der Waals surface area contributed by atoms with Crippen LogP contribution in [0.4, 0.5) is 0 Å². The van der Waals surface area contributed by atoms with E-state index in [0.29, 0.717) is 18.4 Å². The molecule has 1 atom stereocenters. The van der Waals surface area contributed by atoms with Crippen LogP contribution in [0.1, 0.15) is 36.1 Å². The Balaban J connectivity index is 1.39. The van der Waals surface area contributed by atoms with Crippen LogP contribution in [0.25, 0.3) is 0 Å². The molecule has 2 aromatic rings. The topological polar surface area (TPSA) is 53.4 Å². The van der Waals surface area contributed by atoms with Crippen LogP contribution in [0.5, 0.6) is 0 Å². The van der Waals surface area contributed by atoms with E-state index in [-0.39, 0.29) is 5.92 Å². The van der Waals surface area contributed by atoms with Gasteiger partial charge in [0.25, 0.3) is 0 Å². The third-order valence-electron chi connectivity index (χ3n) is 6.04. The molecule has 4 rings (SSSR count). The van der Waals surface area contributed by atoms with Crippen LogP contribution in [-0.4, -0.2) is 40.6 Å². The molecule has 2 aliphatic rings. The molecule has 2 heterocycles. The van der Waals surface area contributed by atoms with Crippen molar-refractivity contribution in [2.45, 2.75) is 37.5 Å². The van der Waals surface area contributed by atoms with E-state index in [9.17, 15) is 9.90 Å². The first-order valence-electron chi connectivity index (χ1n) is 9.07. The predicted molar refractivity (Wildman–Crippen MR) is 99.1 cm³/mol. The monoisotopic (exact) mass is 356 g/mol. The fourth-order valence-electron chi connectivity index (χ4n) is 4.58. The number of rotatable bonds is 5. The van der Waals surface area contributed by atoms with Gasteiger partial charge in [0, 0.05) is 18.3 Å². The predicted octanol–water partition coefficient (Wildman–Crippen LogP) is 3.37. The molecule has 1 unspecified atom stereocenters. The normalized spacial score (nSPS) is 20.5. The van der Waals surface area contributed by atoms with Gasteiger partial charge in [-0.1, -0.05) is 24.3 Å². The summed E-state index contributed by atoms with van der Waals surface area (Å²) >= 11 is 1.53. The molecule has 132 valence electrons. The molecule has 1 fully saturated rings. The summed E-state index contributed by atoms with van der Waals surface area (Å²) in [6.45, 7) is 2.62. The van der Waals surface area contributed by atoms with Gasteiger partial charge in [-0.2, -0.15) is 0 Å². The standard InChI is InChI=1S/C20H24N2O2S/c23-19(24)16(11-17-13-25-14-21-17)12-22-9-7-20(8-10-22)6-5-15-3-1-2-4-18(15)20/h1-4,13-14,16H,5-12H2,(H,23,24). The van der Waals surface area contributed by atoms with Crippen molar-refractivity contribution in [2.24, 2.45) is 5.92 Å². The van der Waals surface area contributed by atoms with Gasteiger partial charge in [0.1, 0.15) is 0 Å². The number of nitrogens with zero attached hydrogens (tertiary/aromatic N) is 2. The molecule has 1 aliphatic carbocycles. The maximum Gasteiger partial charge on any atom is 0.308 e. The van der Waals surface area contributed by atoms with Crippen LogP contribution in [0.3, 0.4) is 0 Å². The van der Waals surface area contributed by atoms with Crippen molar-refractivity contribution >= 4 is 17.3 Å². The maximum absolute atomic E-state index is 11.7. The highest BCUT2D eigenvalue weighted by atomic mass is 32.1. The Morgan fingerprint density at radius 1 is 1.28 bits per heavy atom. The zero-order valence-electron chi connectivity index (χ0n) is 14.4. The van der Waals surface area contributed by atoms with E-state index < -0.39 is 5.97 Å². The van der Waals surface area contributed by atoms with Crippen LogP contribution in [0, 0.1) is 5.92 Å². The lowest BCUT2D eigenvalue weighted by molar-refractivity contribution is -0.142. The smallest absolute Gasteiger partial charge is 0.308 e. The Labute approximate surface area is 152 Å². The summed E-state index contributed by atoms with van der Waals surface area (Å²) in [7, 11) is 0. The molecular weight excluding hydrogens is 332 g/mol. The summed E-state index contributed by atoms with van der Waals surface area (Å²) in [5, 5.41) is 11.5. The average molecular weight is 356 g/mol. The van der Waals surface area contributed by atoms with Crippen molar-refractivity contribution < 1.29 is 9.90 Å². The number of thiazole rings is 1. The van der Waals surface area contributed by atoms with Gasteiger partial charge in [-0.25, -0.2) is 4.98 Å². The Bertz CT molecular complexity index is 736. The molecule has 0 amide bonds. The minimum absolute atomic E-state index is 0.334. The van der Waals surface area contributed by atoms with E-state index in [4.69, 9.17) is 0 Å². The number of fused-ring (bicyclic) bond motifs is 2. The first-order chi connectivity index (χ1) is 12.2. The number of likely N-dealkylation sites (tertiary alicyclic amines) is 1. The SMILES string of the molecule is O=C(O)C(Cc1cscn1)CN1CCC2(CCc3ccccc32)CC1. The molecule has 5 heteroatoms. The number of benzene rings is 1. The quantitative estimate of drug-likeness (QED) is 0.892. The number of carboxylic acid groups (broad SMARTS) is 1. The minimum atomic E-state index is -0.709. The molecule has 0 saturated carbocycles. The van der Waals surface area contributed by atoms with Gasteiger partial charge in [-0.15, -0.1) is 11.3 Å². The highest BCUT2D eigenvalue weighted by Crippen LogP contribution is 2.46. The molecule has 4 nitrogen and oxygen atoms in total. The number of carboxylic acids is 1. The zero-order chi connectivity index (χ0) is 17.3. The van der Waals surface area contributed by atoms with Crippen molar-refractivity contribution in [2.75, 3.05) is 19.6 Å². The third kappa shape index (κ3) is 3.35. The van der Waals surface area contributed by atoms with Gasteiger partial charge in [0.05, 0.1) is 17.1 Å². The summed E-state index contributed by atoms with van der Waals surface area (Å²) in [6, 6.07) is 8.88. The number of aromatic nitrogens is 1. The number of piperidine rings is 1. The van der Waals surface area contributed by atoms with E-state index >= 15 is 0 Å². The van der Waals surface area contributed by atoms with E-state index in [0.717, 1.165) is 31.6 Å². The summed E-state index contributed by atoms with van der Waals surface area (Å²) in [5.41, 5.74) is 6.07. The summed E-state index contributed by atoms with van der Waals surface area (Å²) < 4.78 is 0. The highest BCUT2D eigenvalue weighted by molar-refractivity contribution is 7.07. The average Bonchev–Trinajstić information content (AvgIpc) is 3.25. The molecule has 1 spiro atoms. The van der Waals surface area contributed by atoms with Gasteiger partial charge in [-0.05, 0) is 55.3 Å². The fraction of sp³-hybridized carbons (Fsp3) is 0.500. The van der Waals surface area contributed by atoms with E-state index in [1.54, 1.807) is 11.1 Å². The first kappa shape index (κ1) is 16.7. The summed E-state index contributed by atoms with van der Waals surface area (Å²) in [6.07, 6.45) is 5.27. The van der Waals surface area contributed by atoms with Crippen LogP contribution in [0.15, 0.2) is 35.2 Å². The summed E-state index contributed by atoms with van der Waals surface area (Å²) in [5.74, 6) is -1.08. The van der Waals surface area contributed by atoms with Crippen LogP contribution >= 0.6 is 11.3 Å². The Morgan fingerprint density at radius 3 is 2.80 bits per heavy atom. The van der Waals surface area contributed by atoms with Crippen molar-refractivity contribution in [3.63, 3.8) is 0 Å². The molecule has 0 radical (unpaired) electrons. The largest absolute Gasteiger partial charge is 0.481 e. The fourth-order valence-corrected chi connectivity index (χ4v) is 5.15. The van der Waals surface area contributed by atoms with Crippen molar-refractivity contribution in [1.29, 1.82) is 0 Å². The van der Waals surface area contributed by atoms with Gasteiger partial charge in [-0.3, -0.25) is 4.79 Å². The first-order valence-corrected chi connectivity index (χ1v) is 10.0. The van der Waals surface area contributed by atoms with Crippen LogP contribution in [-0.2, 0) is 23.1 Å². The molecule has 1 saturated heterocycles. The lowest BCUT2D eigenvalue weighted by atomic mass is 9.73. The number of aliphatic carboxylic acids is 1. The number of aryl methyl sites for hydroxylation is 1. The van der Waals surface area contributed by atoms with Crippen molar-refractivity contribution in [1.82, 2.24) is 9.88 Å². The second-order valence-electron chi connectivity index (χ2n) is 7.46. The van der Waals surface area contributed by atoms with E-state index in [1.807, 2.05) is 5.38 Å². The Kier molecular flexibility index (Phi) is 4.61. The highest BCUT2D eigenvalue weighted by Gasteiger charge is 2.41. The lowest BCUT2D eigenvalue weighted by Crippen LogP contribution is -2.44. The van der Waals surface area contributed by atoms with Crippen molar-refractivity contribution in [3.05, 3.63) is 52.0 Å². The Hall–Kier alpha value is -1.72. The van der Waals surface area contributed by atoms with Crippen LogP contribution in [0.2, 0.25) is 0 Å². The number of carbonyl (C=O) groups is 1.